The number of methoxy groups -OCH3 is 1. The van der Waals surface area contributed by atoms with Gasteiger partial charge in [0.25, 0.3) is 0 Å². The number of halogens is 2. The Balaban J connectivity index is 1.43. The lowest BCUT2D eigenvalue weighted by Crippen LogP contribution is -2.10. The second-order valence-corrected chi connectivity index (χ2v) is 9.43. The predicted octanol–water partition coefficient (Wildman–Crippen LogP) is 6.67. The fourth-order valence-corrected chi connectivity index (χ4v) is 4.53. The average Bonchev–Trinajstić information content (AvgIpc) is 3.25. The Morgan fingerprint density at radius 2 is 1.75 bits per heavy atom. The first kappa shape index (κ1) is 24.0. The maximum Gasteiger partial charge on any atom is 0.363 e. The van der Waals surface area contributed by atoms with Crippen LogP contribution in [-0.2, 0) is 9.53 Å². The fourth-order valence-electron chi connectivity index (χ4n) is 3.67. The van der Waals surface area contributed by atoms with Gasteiger partial charge in [-0.1, -0.05) is 41.9 Å². The molecule has 0 fully saturated rings. The summed E-state index contributed by atoms with van der Waals surface area (Å²) in [5.41, 5.74) is 1.86. The molecule has 0 aromatic heterocycles. The Kier molecular flexibility index (Phi) is 6.75. The van der Waals surface area contributed by atoms with E-state index in [1.54, 1.807) is 42.5 Å². The van der Waals surface area contributed by atoms with E-state index in [2.05, 4.69) is 4.99 Å². The number of esters is 2. The molecule has 5 rings (SSSR count). The highest BCUT2D eigenvalue weighted by Crippen LogP contribution is 2.36. The Hall–Kier alpha value is -3.69. The maximum atomic E-state index is 12.6. The highest BCUT2D eigenvalue weighted by Gasteiger charge is 2.25. The summed E-state index contributed by atoms with van der Waals surface area (Å²) in [7, 11) is 1.47. The largest absolute Gasteiger partial charge is 0.493 e. The van der Waals surface area contributed by atoms with Crippen LogP contribution < -0.4 is 9.47 Å². The van der Waals surface area contributed by atoms with E-state index in [1.165, 1.54) is 7.11 Å². The zero-order valence-electron chi connectivity index (χ0n) is 18.8. The molecule has 0 atom stereocenters. The van der Waals surface area contributed by atoms with Gasteiger partial charge in [0, 0.05) is 10.6 Å². The quantitative estimate of drug-likeness (QED) is 0.109. The first-order chi connectivity index (χ1) is 17.4. The molecule has 0 spiro atoms. The second kappa shape index (κ2) is 10.1. The third-order valence-electron chi connectivity index (χ3n) is 5.45. The third-order valence-corrected chi connectivity index (χ3v) is 6.50. The molecule has 0 bridgehead atoms. The van der Waals surface area contributed by atoms with E-state index in [9.17, 15) is 9.59 Å². The van der Waals surface area contributed by atoms with Crippen molar-refractivity contribution in [2.45, 2.75) is 0 Å². The summed E-state index contributed by atoms with van der Waals surface area (Å²) in [6, 6.07) is 23.5. The van der Waals surface area contributed by atoms with Crippen molar-refractivity contribution < 1.29 is 23.8 Å². The molecule has 0 saturated carbocycles. The number of hydrogen-bond acceptors (Lipinski definition) is 6. The molecule has 1 heterocycles. The molecule has 6 nitrogen and oxygen atoms in total. The van der Waals surface area contributed by atoms with Crippen molar-refractivity contribution in [1.29, 1.82) is 0 Å². The number of ether oxygens (including phenoxy) is 3. The van der Waals surface area contributed by atoms with Crippen molar-refractivity contribution in [2.24, 2.45) is 4.99 Å². The Morgan fingerprint density at radius 3 is 2.50 bits per heavy atom. The van der Waals surface area contributed by atoms with Crippen LogP contribution in [0.4, 0.5) is 0 Å². The van der Waals surface area contributed by atoms with Crippen molar-refractivity contribution >= 4 is 68.9 Å². The molecule has 1 aliphatic rings. The van der Waals surface area contributed by atoms with E-state index in [0.29, 0.717) is 31.0 Å². The minimum Gasteiger partial charge on any atom is -0.493 e. The summed E-state index contributed by atoms with van der Waals surface area (Å²) in [5, 5.41) is 2.63. The van der Waals surface area contributed by atoms with E-state index >= 15 is 0 Å². The van der Waals surface area contributed by atoms with Gasteiger partial charge in [0.05, 0.1) is 16.2 Å². The standard InChI is InChI=1S/C28H17ClINO5/c1-34-24-14-16(12-22(30)25(24)35-27(32)18-8-10-21(29)11-9-18)13-23-28(33)36-26(31-23)20-7-6-17-4-2-3-5-19(17)15-20/h2-15H,1H3/b23-13-. The summed E-state index contributed by atoms with van der Waals surface area (Å²) in [6.07, 6.45) is 1.60. The van der Waals surface area contributed by atoms with Crippen LogP contribution in [0.3, 0.4) is 0 Å². The van der Waals surface area contributed by atoms with Crippen molar-refractivity contribution in [2.75, 3.05) is 7.11 Å². The number of carbonyl (C=O) groups is 2. The molecule has 4 aromatic carbocycles. The molecule has 0 amide bonds. The van der Waals surface area contributed by atoms with Gasteiger partial charge in [-0.15, -0.1) is 0 Å². The summed E-state index contributed by atoms with van der Waals surface area (Å²) >= 11 is 7.94. The monoisotopic (exact) mass is 609 g/mol. The lowest BCUT2D eigenvalue weighted by atomic mass is 10.1. The van der Waals surface area contributed by atoms with Crippen LogP contribution in [0, 0.1) is 3.57 Å². The van der Waals surface area contributed by atoms with Crippen LogP contribution in [0.25, 0.3) is 16.8 Å². The molecule has 178 valence electrons. The van der Waals surface area contributed by atoms with Crippen LogP contribution in [-0.4, -0.2) is 24.9 Å². The minimum absolute atomic E-state index is 0.155. The number of cyclic esters (lactones) is 1. The predicted molar refractivity (Wildman–Crippen MR) is 147 cm³/mol. The molecule has 0 saturated heterocycles. The number of hydrogen-bond donors (Lipinski definition) is 0. The van der Waals surface area contributed by atoms with Crippen molar-refractivity contribution in [1.82, 2.24) is 0 Å². The SMILES string of the molecule is COc1cc(/C=C2\N=C(c3ccc4ccccc4c3)OC2=O)cc(I)c1OC(=O)c1ccc(Cl)cc1. The number of rotatable bonds is 5. The van der Waals surface area contributed by atoms with Gasteiger partial charge >= 0.3 is 11.9 Å². The Morgan fingerprint density at radius 1 is 1.00 bits per heavy atom. The first-order valence-electron chi connectivity index (χ1n) is 10.8. The van der Waals surface area contributed by atoms with Gasteiger partial charge in [-0.25, -0.2) is 14.6 Å². The van der Waals surface area contributed by atoms with Crippen molar-refractivity contribution in [3.63, 3.8) is 0 Å². The average molecular weight is 610 g/mol. The maximum absolute atomic E-state index is 12.6. The van der Waals surface area contributed by atoms with Crippen LogP contribution in [0.2, 0.25) is 5.02 Å². The number of fused-ring (bicyclic) bond motifs is 1. The molecular formula is C28H17ClINO5. The van der Waals surface area contributed by atoms with Crippen LogP contribution >= 0.6 is 34.2 Å². The molecule has 0 N–H and O–H groups in total. The minimum atomic E-state index is -0.551. The fraction of sp³-hybridized carbons (Fsp3) is 0.0357. The number of carbonyl (C=O) groups excluding carboxylic acids is 2. The molecule has 1 aliphatic heterocycles. The second-order valence-electron chi connectivity index (χ2n) is 7.83. The first-order valence-corrected chi connectivity index (χ1v) is 12.2. The normalized spacial score (nSPS) is 14.0. The van der Waals surface area contributed by atoms with Gasteiger partial charge in [-0.05, 0) is 93.5 Å². The number of nitrogens with zero attached hydrogens (tertiary/aromatic N) is 1. The molecule has 4 aromatic rings. The van der Waals surface area contributed by atoms with Gasteiger partial charge in [-0.3, -0.25) is 0 Å². The summed E-state index contributed by atoms with van der Waals surface area (Å²) in [4.78, 5) is 29.5. The Labute approximate surface area is 225 Å². The number of aliphatic imine (C=N–C) groups is 1. The van der Waals surface area contributed by atoms with Gasteiger partial charge < -0.3 is 14.2 Å². The summed E-state index contributed by atoms with van der Waals surface area (Å²) in [6.45, 7) is 0. The Bertz CT molecular complexity index is 1580. The van der Waals surface area contributed by atoms with Gasteiger partial charge in [0.1, 0.15) is 0 Å². The van der Waals surface area contributed by atoms with E-state index < -0.39 is 11.9 Å². The lowest BCUT2D eigenvalue weighted by Gasteiger charge is -2.12. The topological polar surface area (TPSA) is 74.2 Å². The summed E-state index contributed by atoms with van der Waals surface area (Å²) < 4.78 is 17.1. The molecule has 0 aliphatic carbocycles. The van der Waals surface area contributed by atoms with Gasteiger partial charge in [-0.2, -0.15) is 0 Å². The smallest absolute Gasteiger partial charge is 0.363 e. The zero-order chi connectivity index (χ0) is 25.2. The van der Waals surface area contributed by atoms with Crippen LogP contribution in [0.1, 0.15) is 21.5 Å². The van der Waals surface area contributed by atoms with E-state index in [0.717, 1.165) is 10.8 Å². The van der Waals surface area contributed by atoms with Gasteiger partial charge in [0.15, 0.2) is 17.2 Å². The molecule has 0 unspecified atom stereocenters. The molecule has 0 radical (unpaired) electrons. The van der Waals surface area contributed by atoms with Crippen molar-refractivity contribution in [3.05, 3.63) is 110 Å². The highest BCUT2D eigenvalue weighted by atomic mass is 127. The highest BCUT2D eigenvalue weighted by molar-refractivity contribution is 14.1. The number of benzene rings is 4. The zero-order valence-corrected chi connectivity index (χ0v) is 21.7. The molecule has 36 heavy (non-hydrogen) atoms. The van der Waals surface area contributed by atoms with E-state index in [-0.39, 0.29) is 17.3 Å². The van der Waals surface area contributed by atoms with Crippen molar-refractivity contribution in [3.8, 4) is 11.5 Å². The van der Waals surface area contributed by atoms with E-state index in [4.69, 9.17) is 25.8 Å². The third kappa shape index (κ3) is 4.98. The summed E-state index contributed by atoms with van der Waals surface area (Å²) in [5.74, 6) is -0.244. The van der Waals surface area contributed by atoms with E-state index in [1.807, 2.05) is 65.1 Å². The van der Waals surface area contributed by atoms with Crippen LogP contribution in [0.5, 0.6) is 11.5 Å². The molecule has 8 heteroatoms. The lowest BCUT2D eigenvalue weighted by molar-refractivity contribution is -0.129. The van der Waals surface area contributed by atoms with Crippen LogP contribution in [0.15, 0.2) is 89.6 Å². The molecular weight excluding hydrogens is 593 g/mol. The van der Waals surface area contributed by atoms with Gasteiger partial charge in [0.2, 0.25) is 5.90 Å².